The molecule has 0 rings (SSSR count). The molecule has 0 aliphatic rings. The van der Waals surface area contributed by atoms with Crippen molar-refractivity contribution in [2.45, 2.75) is 103 Å². The summed E-state index contributed by atoms with van der Waals surface area (Å²) in [4.78, 5) is 23.8. The molecule has 8 heteroatoms. The van der Waals surface area contributed by atoms with Gasteiger partial charge in [-0.1, -0.05) is 64.7 Å². The van der Waals surface area contributed by atoms with Crippen molar-refractivity contribution in [1.82, 2.24) is 0 Å². The first-order valence-corrected chi connectivity index (χ1v) is 11.9. The number of nitrogens with two attached hydrogens (primary N) is 1. The van der Waals surface area contributed by atoms with E-state index in [2.05, 4.69) is 6.92 Å². The number of ether oxygens (including phenoxy) is 2. The molecule has 0 aromatic heterocycles. The van der Waals surface area contributed by atoms with Crippen molar-refractivity contribution in [2.24, 2.45) is 5.73 Å². The molecule has 0 spiro atoms. The van der Waals surface area contributed by atoms with Crippen LogP contribution in [0, 0.1) is 0 Å². The molecule has 0 aromatic carbocycles. The highest BCUT2D eigenvalue weighted by atomic mass is 31.1. The van der Waals surface area contributed by atoms with Crippen molar-refractivity contribution in [3.05, 3.63) is 0 Å². The molecule has 0 aliphatic carbocycles. The number of rotatable bonds is 21. The largest absolute Gasteiger partial charge is 0.462 e. The highest BCUT2D eigenvalue weighted by Crippen LogP contribution is 2.11. The third-order valence-corrected chi connectivity index (χ3v) is 4.87. The quantitative estimate of drug-likeness (QED) is 0.152. The summed E-state index contributed by atoms with van der Waals surface area (Å²) in [5, 5.41) is 0. The van der Waals surface area contributed by atoms with E-state index in [0.717, 1.165) is 64.3 Å². The molecule has 170 valence electrons. The lowest BCUT2D eigenvalue weighted by Crippen LogP contribution is -2.28. The number of carbonyl (C=O) groups is 2. The van der Waals surface area contributed by atoms with E-state index in [1.54, 1.807) is 0 Å². The minimum Gasteiger partial charge on any atom is -0.462 e. The number of unbranched alkanes of at least 4 members (excludes halogenated alkanes) is 10. The summed E-state index contributed by atoms with van der Waals surface area (Å²) in [5.74, 6) is -0.659. The maximum atomic E-state index is 12.0. The fraction of sp³-hybridized carbons (Fsp3) is 0.905. The number of hydrogen-bond acceptors (Lipinski definition) is 7. The molecule has 29 heavy (non-hydrogen) atoms. The van der Waals surface area contributed by atoms with Crippen LogP contribution in [0.4, 0.5) is 0 Å². The van der Waals surface area contributed by atoms with Crippen LogP contribution < -0.4 is 5.73 Å². The van der Waals surface area contributed by atoms with Gasteiger partial charge in [-0.25, -0.2) is 4.57 Å². The summed E-state index contributed by atoms with van der Waals surface area (Å²) in [7, 11) is -0.494. The lowest BCUT2D eigenvalue weighted by molar-refractivity contribution is -0.160. The van der Waals surface area contributed by atoms with Crippen molar-refractivity contribution in [1.29, 1.82) is 0 Å². The van der Waals surface area contributed by atoms with Crippen LogP contribution in [0.15, 0.2) is 0 Å². The second-order valence-electron chi connectivity index (χ2n) is 7.34. The van der Waals surface area contributed by atoms with Crippen LogP contribution in [0.5, 0.6) is 0 Å². The Morgan fingerprint density at radius 3 is 1.93 bits per heavy atom. The van der Waals surface area contributed by atoms with E-state index in [9.17, 15) is 14.2 Å². The summed E-state index contributed by atoms with van der Waals surface area (Å²) in [5.41, 5.74) is 5.45. The van der Waals surface area contributed by atoms with E-state index in [4.69, 9.17) is 19.7 Å². The Kier molecular flexibility index (Phi) is 20.9. The van der Waals surface area contributed by atoms with Crippen LogP contribution in [0.3, 0.4) is 0 Å². The van der Waals surface area contributed by atoms with Gasteiger partial charge in [0.25, 0.3) is 0 Å². The molecule has 0 saturated carbocycles. The first-order chi connectivity index (χ1) is 14.1. The summed E-state index contributed by atoms with van der Waals surface area (Å²) in [6, 6.07) is 0. The van der Waals surface area contributed by atoms with Crippen molar-refractivity contribution in [2.75, 3.05) is 19.8 Å². The second-order valence-corrected chi connectivity index (χ2v) is 7.75. The molecule has 0 aliphatic heterocycles. The van der Waals surface area contributed by atoms with Gasteiger partial charge in [-0.2, -0.15) is 0 Å². The fourth-order valence-electron chi connectivity index (χ4n) is 2.90. The van der Waals surface area contributed by atoms with Crippen LogP contribution in [0.25, 0.3) is 0 Å². The normalized spacial score (nSPS) is 12.1. The zero-order chi connectivity index (χ0) is 21.6. The van der Waals surface area contributed by atoms with Gasteiger partial charge in [0.15, 0.2) is 6.10 Å². The molecule has 0 bridgehead atoms. The molecule has 1 atom stereocenters. The Hall–Kier alpha value is -1.04. The van der Waals surface area contributed by atoms with E-state index in [1.807, 2.05) is 0 Å². The monoisotopic (exact) mass is 433 g/mol. The van der Waals surface area contributed by atoms with Crippen molar-refractivity contribution in [3.63, 3.8) is 0 Å². The van der Waals surface area contributed by atoms with Crippen LogP contribution in [-0.2, 0) is 28.2 Å². The van der Waals surface area contributed by atoms with Crippen LogP contribution in [0.1, 0.15) is 96.8 Å². The number of hydrogen-bond donors (Lipinski definition) is 1. The average molecular weight is 434 g/mol. The maximum absolute atomic E-state index is 12.0. The van der Waals surface area contributed by atoms with Gasteiger partial charge in [-0.05, 0) is 25.8 Å². The first-order valence-electron chi connectivity index (χ1n) is 11.1. The van der Waals surface area contributed by atoms with Crippen LogP contribution in [-0.4, -0.2) is 37.8 Å². The zero-order valence-corrected chi connectivity index (χ0v) is 19.0. The van der Waals surface area contributed by atoms with E-state index in [-0.39, 0.29) is 25.2 Å². The highest BCUT2D eigenvalue weighted by Gasteiger charge is 2.17. The fourth-order valence-corrected chi connectivity index (χ4v) is 3.13. The third kappa shape index (κ3) is 20.0. The predicted octanol–water partition coefficient (Wildman–Crippen LogP) is 5.10. The van der Waals surface area contributed by atoms with Gasteiger partial charge in [0.1, 0.15) is 13.2 Å². The van der Waals surface area contributed by atoms with E-state index >= 15 is 0 Å². The molecular formula is C21H40NO6P. The van der Waals surface area contributed by atoms with Gasteiger partial charge >= 0.3 is 20.6 Å². The molecule has 0 saturated heterocycles. The predicted molar refractivity (Wildman–Crippen MR) is 114 cm³/mol. The molecule has 2 N–H and O–H groups in total. The van der Waals surface area contributed by atoms with Gasteiger partial charge in [0, 0.05) is 12.8 Å². The molecule has 7 nitrogen and oxygen atoms in total. The maximum Gasteiger partial charge on any atom is 0.327 e. The number of esters is 2. The van der Waals surface area contributed by atoms with Gasteiger partial charge in [0.2, 0.25) is 0 Å². The van der Waals surface area contributed by atoms with Crippen LogP contribution >= 0.6 is 8.69 Å². The lowest BCUT2D eigenvalue weighted by atomic mass is 10.1. The number of carbonyl (C=O) groups excluding carboxylic acids is 2. The first kappa shape index (κ1) is 28.0. The summed E-state index contributed by atoms with van der Waals surface area (Å²) in [6.45, 7) is 2.75. The van der Waals surface area contributed by atoms with Crippen LogP contribution in [0.2, 0.25) is 0 Å². The van der Waals surface area contributed by atoms with Gasteiger partial charge < -0.3 is 15.2 Å². The summed E-state index contributed by atoms with van der Waals surface area (Å²) < 4.78 is 25.8. The highest BCUT2D eigenvalue weighted by molar-refractivity contribution is 7.17. The van der Waals surface area contributed by atoms with E-state index < -0.39 is 14.8 Å². The van der Waals surface area contributed by atoms with Gasteiger partial charge in [0.05, 0.1) is 0 Å². The third-order valence-electron chi connectivity index (χ3n) is 4.61. The Balaban J connectivity index is 3.94. The minimum atomic E-state index is -0.732. The average Bonchev–Trinajstić information content (AvgIpc) is 2.71. The van der Waals surface area contributed by atoms with E-state index in [0.29, 0.717) is 12.8 Å². The Morgan fingerprint density at radius 1 is 0.793 bits per heavy atom. The van der Waals surface area contributed by atoms with E-state index in [1.165, 1.54) is 19.3 Å². The Labute approximate surface area is 177 Å². The summed E-state index contributed by atoms with van der Waals surface area (Å²) in [6.07, 6.45) is 12.6. The minimum absolute atomic E-state index is 0.0677. The molecule has 0 amide bonds. The Morgan fingerprint density at radius 2 is 1.34 bits per heavy atom. The SMILES string of the molecule is CCCCCCCCC(=O)O[C@H](COP=O)COC(=O)CCCCCCCCN. The molecule has 0 heterocycles. The van der Waals surface area contributed by atoms with Crippen molar-refractivity contribution in [3.8, 4) is 0 Å². The van der Waals surface area contributed by atoms with Gasteiger partial charge in [-0.3, -0.25) is 14.1 Å². The molecule has 0 fully saturated rings. The topological polar surface area (TPSA) is 105 Å². The Bertz CT molecular complexity index is 422. The lowest BCUT2D eigenvalue weighted by Gasteiger charge is -2.16. The summed E-state index contributed by atoms with van der Waals surface area (Å²) >= 11 is 0. The van der Waals surface area contributed by atoms with Crippen molar-refractivity contribution < 1.29 is 28.2 Å². The molecular weight excluding hydrogens is 393 g/mol. The molecule has 0 radical (unpaired) electrons. The second kappa shape index (κ2) is 21.7. The molecule has 0 aromatic rings. The van der Waals surface area contributed by atoms with Gasteiger partial charge in [-0.15, -0.1) is 0 Å². The zero-order valence-electron chi connectivity index (χ0n) is 18.1. The standard InChI is InChI=1S/C21H40NO6P/c1-2-3-4-5-8-12-15-21(24)28-19(18-27-29-25)17-26-20(23)14-11-9-6-7-10-13-16-22/h19H,2-18,22H2,1H3/t19-/m0/s1. The van der Waals surface area contributed by atoms with Crippen molar-refractivity contribution >= 4 is 20.6 Å². The smallest absolute Gasteiger partial charge is 0.327 e. The molecule has 0 unspecified atom stereocenters.